The molecule has 0 saturated heterocycles. The van der Waals surface area contributed by atoms with Crippen LogP contribution in [0.5, 0.6) is 11.5 Å². The fourth-order valence-corrected chi connectivity index (χ4v) is 2.56. The lowest BCUT2D eigenvalue weighted by molar-refractivity contribution is -0.117. The van der Waals surface area contributed by atoms with E-state index in [-0.39, 0.29) is 6.54 Å². The molecule has 26 heavy (non-hydrogen) atoms. The number of para-hydroxylation sites is 1. The van der Waals surface area contributed by atoms with Crippen molar-refractivity contribution in [2.45, 2.75) is 6.54 Å². The van der Waals surface area contributed by atoms with Gasteiger partial charge in [0.2, 0.25) is 5.91 Å². The van der Waals surface area contributed by atoms with Crippen LogP contribution in [0.2, 0.25) is 0 Å². The second-order valence-corrected chi connectivity index (χ2v) is 5.57. The van der Waals surface area contributed by atoms with Crippen LogP contribution in [-0.2, 0) is 11.3 Å². The van der Waals surface area contributed by atoms with Gasteiger partial charge >= 0.3 is 5.69 Å². The smallest absolute Gasteiger partial charge is 0.368 e. The van der Waals surface area contributed by atoms with Gasteiger partial charge in [0.1, 0.15) is 19.8 Å². The number of ether oxygens (including phenoxy) is 2. The van der Waals surface area contributed by atoms with E-state index >= 15 is 0 Å². The molecule has 1 aliphatic rings. The zero-order valence-corrected chi connectivity index (χ0v) is 13.7. The first-order valence-corrected chi connectivity index (χ1v) is 7.98. The number of nitrogens with zero attached hydrogens (tertiary/aromatic N) is 4. The molecule has 4 rings (SSSR count). The maximum Gasteiger partial charge on any atom is 0.368 e. The molecule has 1 amide bonds. The molecule has 0 unspecified atom stereocenters. The van der Waals surface area contributed by atoms with E-state index in [9.17, 15) is 9.59 Å². The van der Waals surface area contributed by atoms with E-state index in [1.807, 2.05) is 6.07 Å². The number of hydrogen-bond donors (Lipinski definition) is 1. The van der Waals surface area contributed by atoms with Crippen LogP contribution < -0.4 is 20.5 Å². The summed E-state index contributed by atoms with van der Waals surface area (Å²) in [6, 6.07) is 14.0. The van der Waals surface area contributed by atoms with E-state index in [0.29, 0.717) is 36.1 Å². The first-order valence-electron chi connectivity index (χ1n) is 7.98. The Bertz CT molecular complexity index is 996. The standard InChI is InChI=1S/C17H15N5O4/c23-16(18-12-6-7-14-15(10-12)26-9-8-25-14)11-21-17(24)22(20-19-21)13-4-2-1-3-5-13/h1-7,10H,8-9,11H2,(H,18,23). The Labute approximate surface area is 147 Å². The summed E-state index contributed by atoms with van der Waals surface area (Å²) in [7, 11) is 0. The Morgan fingerprint density at radius 1 is 1.04 bits per heavy atom. The minimum atomic E-state index is -0.492. The van der Waals surface area contributed by atoms with Gasteiger partial charge in [-0.15, -0.1) is 0 Å². The van der Waals surface area contributed by atoms with Crippen molar-refractivity contribution < 1.29 is 14.3 Å². The highest BCUT2D eigenvalue weighted by Gasteiger charge is 2.15. The fraction of sp³-hybridized carbons (Fsp3) is 0.176. The third kappa shape index (κ3) is 3.14. The normalized spacial score (nSPS) is 12.6. The van der Waals surface area contributed by atoms with Crippen LogP contribution >= 0.6 is 0 Å². The summed E-state index contributed by atoms with van der Waals surface area (Å²) in [5.41, 5.74) is 0.632. The Balaban J connectivity index is 1.47. The van der Waals surface area contributed by atoms with Crippen molar-refractivity contribution in [2.75, 3.05) is 18.5 Å². The first-order chi connectivity index (χ1) is 12.7. The van der Waals surface area contributed by atoms with Gasteiger partial charge in [0.05, 0.1) is 5.69 Å². The van der Waals surface area contributed by atoms with E-state index in [0.717, 1.165) is 9.36 Å². The zero-order valence-electron chi connectivity index (χ0n) is 13.7. The molecule has 132 valence electrons. The van der Waals surface area contributed by atoms with Crippen LogP contribution in [0.4, 0.5) is 5.69 Å². The Hall–Kier alpha value is -3.62. The van der Waals surface area contributed by atoms with E-state index < -0.39 is 11.6 Å². The van der Waals surface area contributed by atoms with Crippen LogP contribution in [0.3, 0.4) is 0 Å². The van der Waals surface area contributed by atoms with Crippen LogP contribution in [0.15, 0.2) is 53.3 Å². The molecule has 9 heteroatoms. The molecule has 0 radical (unpaired) electrons. The summed E-state index contributed by atoms with van der Waals surface area (Å²) in [5.74, 6) is 0.807. The van der Waals surface area contributed by atoms with Gasteiger partial charge in [-0.1, -0.05) is 18.2 Å². The number of amides is 1. The number of aromatic nitrogens is 4. The monoisotopic (exact) mass is 353 g/mol. The van der Waals surface area contributed by atoms with Crippen molar-refractivity contribution in [3.63, 3.8) is 0 Å². The highest BCUT2D eigenvalue weighted by molar-refractivity contribution is 5.90. The van der Waals surface area contributed by atoms with Crippen molar-refractivity contribution in [2.24, 2.45) is 0 Å². The van der Waals surface area contributed by atoms with E-state index in [2.05, 4.69) is 15.7 Å². The predicted molar refractivity (Wildman–Crippen MR) is 91.7 cm³/mol. The summed E-state index contributed by atoms with van der Waals surface area (Å²) in [4.78, 5) is 24.6. The molecule has 1 N–H and O–H groups in total. The van der Waals surface area contributed by atoms with Crippen molar-refractivity contribution in [1.82, 2.24) is 19.8 Å². The first kappa shape index (κ1) is 15.9. The van der Waals surface area contributed by atoms with Crippen LogP contribution in [0, 0.1) is 0 Å². The van der Waals surface area contributed by atoms with Gasteiger partial charge in [-0.2, -0.15) is 9.36 Å². The summed E-state index contributed by atoms with van der Waals surface area (Å²) in [5, 5.41) is 10.3. The number of benzene rings is 2. The molecule has 0 aliphatic carbocycles. The van der Waals surface area contributed by atoms with Gasteiger partial charge in [0, 0.05) is 11.8 Å². The van der Waals surface area contributed by atoms with Crippen molar-refractivity contribution >= 4 is 11.6 Å². The van der Waals surface area contributed by atoms with Crippen molar-refractivity contribution in [1.29, 1.82) is 0 Å². The zero-order chi connectivity index (χ0) is 17.9. The number of rotatable bonds is 4. The number of fused-ring (bicyclic) bond motifs is 1. The molecule has 9 nitrogen and oxygen atoms in total. The molecule has 2 aromatic carbocycles. The molecule has 0 fully saturated rings. The van der Waals surface area contributed by atoms with Gasteiger partial charge in [-0.05, 0) is 34.7 Å². The highest BCUT2D eigenvalue weighted by atomic mass is 16.6. The Morgan fingerprint density at radius 3 is 2.62 bits per heavy atom. The lowest BCUT2D eigenvalue weighted by Gasteiger charge is -2.18. The number of tetrazole rings is 1. The lowest BCUT2D eigenvalue weighted by atomic mass is 10.2. The largest absolute Gasteiger partial charge is 0.486 e. The number of hydrogen-bond acceptors (Lipinski definition) is 6. The molecular weight excluding hydrogens is 338 g/mol. The molecule has 0 bridgehead atoms. The molecule has 3 aromatic rings. The molecular formula is C17H15N5O4. The van der Waals surface area contributed by atoms with E-state index in [1.54, 1.807) is 42.5 Å². The average molecular weight is 353 g/mol. The number of carbonyl (C=O) groups excluding carboxylic acids is 1. The summed E-state index contributed by atoms with van der Waals surface area (Å²) < 4.78 is 13.1. The molecule has 2 heterocycles. The molecule has 0 atom stereocenters. The van der Waals surface area contributed by atoms with Crippen LogP contribution in [-0.4, -0.2) is 38.9 Å². The highest BCUT2D eigenvalue weighted by Crippen LogP contribution is 2.32. The van der Waals surface area contributed by atoms with E-state index in [1.165, 1.54) is 0 Å². The second kappa shape index (κ2) is 6.71. The van der Waals surface area contributed by atoms with Gasteiger partial charge in [0.15, 0.2) is 11.5 Å². The molecule has 0 spiro atoms. The summed E-state index contributed by atoms with van der Waals surface area (Å²) in [6.07, 6.45) is 0. The third-order valence-electron chi connectivity index (χ3n) is 3.76. The van der Waals surface area contributed by atoms with Crippen molar-refractivity contribution in [3.05, 3.63) is 59.0 Å². The van der Waals surface area contributed by atoms with Crippen LogP contribution in [0.25, 0.3) is 5.69 Å². The molecule has 0 saturated carbocycles. The number of carbonyl (C=O) groups is 1. The Morgan fingerprint density at radius 2 is 1.81 bits per heavy atom. The van der Waals surface area contributed by atoms with Gasteiger partial charge < -0.3 is 14.8 Å². The maximum atomic E-state index is 12.3. The molecule has 1 aromatic heterocycles. The summed E-state index contributed by atoms with van der Waals surface area (Å²) >= 11 is 0. The van der Waals surface area contributed by atoms with E-state index in [4.69, 9.17) is 9.47 Å². The number of nitrogens with one attached hydrogen (secondary N) is 1. The quantitative estimate of drug-likeness (QED) is 0.746. The third-order valence-corrected chi connectivity index (χ3v) is 3.76. The SMILES string of the molecule is O=C(Cn1nnn(-c2ccccc2)c1=O)Nc1ccc2c(c1)OCCO2. The van der Waals surface area contributed by atoms with Gasteiger partial charge in [-0.25, -0.2) is 4.79 Å². The second-order valence-electron chi connectivity index (χ2n) is 5.57. The minimum absolute atomic E-state index is 0.250. The number of anilines is 1. The van der Waals surface area contributed by atoms with Crippen molar-refractivity contribution in [3.8, 4) is 17.2 Å². The Kier molecular flexibility index (Phi) is 4.10. The average Bonchev–Trinajstić information content (AvgIpc) is 3.02. The maximum absolute atomic E-state index is 12.3. The van der Waals surface area contributed by atoms with Crippen LogP contribution in [0.1, 0.15) is 0 Å². The minimum Gasteiger partial charge on any atom is -0.486 e. The predicted octanol–water partition coefficient (Wildman–Crippen LogP) is 0.839. The lowest BCUT2D eigenvalue weighted by Crippen LogP contribution is -2.29. The fourth-order valence-electron chi connectivity index (χ4n) is 2.56. The summed E-state index contributed by atoms with van der Waals surface area (Å²) in [6.45, 7) is 0.710. The topological polar surface area (TPSA) is 100 Å². The van der Waals surface area contributed by atoms with Gasteiger partial charge in [0.25, 0.3) is 0 Å². The van der Waals surface area contributed by atoms with Gasteiger partial charge in [-0.3, -0.25) is 4.79 Å². The molecule has 1 aliphatic heterocycles.